The lowest BCUT2D eigenvalue weighted by molar-refractivity contribution is 0.0951. The van der Waals surface area contributed by atoms with E-state index in [4.69, 9.17) is 10.7 Å². The molecule has 0 aromatic heterocycles. The van der Waals surface area contributed by atoms with E-state index in [1.54, 1.807) is 12.3 Å². The smallest absolute Gasteiger partial charge is 0.251 e. The lowest BCUT2D eigenvalue weighted by atomic mass is 9.86. The molecule has 0 radical (unpaired) electrons. The number of likely N-dealkylation sites (tertiary alicyclic amines) is 1. The maximum Gasteiger partial charge on any atom is 0.251 e. The molecule has 4 N–H and O–H groups in total. The van der Waals surface area contributed by atoms with Crippen LogP contribution in [0.2, 0.25) is 0 Å². The highest BCUT2D eigenvalue weighted by Crippen LogP contribution is 2.24. The zero-order chi connectivity index (χ0) is 27.3. The van der Waals surface area contributed by atoms with Crippen molar-refractivity contribution in [2.75, 3.05) is 18.4 Å². The average Bonchev–Trinajstić information content (AvgIpc) is 3.44. The first-order valence-corrected chi connectivity index (χ1v) is 13.0. The standard InChI is InChI=1S/C30H37N7O/c1-6-32-25-19-34-29(37-14-7-8-15-37)36-26(25)27(31)35-24-17-22(13-12-20(24)2)28(38)33-18-21-10-9-11-23(16-21)30(3,4)5/h6,9-13,16-17,19,35H,1,7-8,14-15,18,31H2,2-5H3,(H,33,38)/b27-26-,32-25-. The molecule has 4 rings (SSSR count). The van der Waals surface area contributed by atoms with E-state index >= 15 is 0 Å². The van der Waals surface area contributed by atoms with Gasteiger partial charge in [0.2, 0.25) is 5.96 Å². The first-order valence-electron chi connectivity index (χ1n) is 13.0. The molecule has 0 saturated carbocycles. The normalized spacial score (nSPS) is 17.8. The van der Waals surface area contributed by atoms with Gasteiger partial charge in [-0.3, -0.25) is 9.79 Å². The fourth-order valence-corrected chi connectivity index (χ4v) is 4.36. The van der Waals surface area contributed by atoms with E-state index in [0.717, 1.165) is 42.7 Å². The lowest BCUT2D eigenvalue weighted by Gasteiger charge is -2.21. The minimum atomic E-state index is -0.159. The largest absolute Gasteiger partial charge is 0.383 e. The Hall–Kier alpha value is -4.20. The minimum Gasteiger partial charge on any atom is -0.383 e. The minimum absolute atomic E-state index is 0.0473. The van der Waals surface area contributed by atoms with Crippen molar-refractivity contribution in [3.63, 3.8) is 0 Å². The third kappa shape index (κ3) is 6.37. The summed E-state index contributed by atoms with van der Waals surface area (Å²) >= 11 is 0. The van der Waals surface area contributed by atoms with E-state index in [1.807, 2.05) is 31.2 Å². The van der Waals surface area contributed by atoms with Gasteiger partial charge in [0.1, 0.15) is 17.2 Å². The Kier molecular flexibility index (Phi) is 8.10. The van der Waals surface area contributed by atoms with Crippen LogP contribution in [-0.4, -0.2) is 41.8 Å². The Morgan fingerprint density at radius 2 is 1.95 bits per heavy atom. The number of guanidine groups is 1. The van der Waals surface area contributed by atoms with Crippen molar-refractivity contribution in [3.05, 3.63) is 89.0 Å². The molecule has 38 heavy (non-hydrogen) atoms. The Balaban J connectivity index is 1.53. The van der Waals surface area contributed by atoms with Crippen molar-refractivity contribution in [3.8, 4) is 0 Å². The number of aliphatic imine (C=N–C) groups is 3. The van der Waals surface area contributed by atoms with Crippen LogP contribution in [0.4, 0.5) is 5.69 Å². The van der Waals surface area contributed by atoms with Gasteiger partial charge in [0.15, 0.2) is 0 Å². The van der Waals surface area contributed by atoms with Crippen LogP contribution in [0.25, 0.3) is 0 Å². The lowest BCUT2D eigenvalue weighted by Crippen LogP contribution is -2.31. The zero-order valence-corrected chi connectivity index (χ0v) is 22.7. The number of nitrogens with zero attached hydrogens (tertiary/aromatic N) is 4. The monoisotopic (exact) mass is 511 g/mol. The second kappa shape index (κ2) is 11.5. The van der Waals surface area contributed by atoms with E-state index in [-0.39, 0.29) is 11.3 Å². The molecule has 2 aromatic carbocycles. The van der Waals surface area contributed by atoms with Gasteiger partial charge in [-0.1, -0.05) is 57.7 Å². The number of allylic oxidation sites excluding steroid dienone is 1. The first kappa shape index (κ1) is 26.9. The molecule has 0 atom stereocenters. The quantitative estimate of drug-likeness (QED) is 0.514. The summed E-state index contributed by atoms with van der Waals surface area (Å²) in [6.45, 7) is 14.5. The van der Waals surface area contributed by atoms with Crippen LogP contribution in [0.1, 0.15) is 60.7 Å². The molecular formula is C30H37N7O. The zero-order valence-electron chi connectivity index (χ0n) is 22.7. The summed E-state index contributed by atoms with van der Waals surface area (Å²) in [6, 6.07) is 13.8. The van der Waals surface area contributed by atoms with Gasteiger partial charge in [0.25, 0.3) is 5.91 Å². The van der Waals surface area contributed by atoms with Gasteiger partial charge >= 0.3 is 0 Å². The predicted octanol–water partition coefficient (Wildman–Crippen LogP) is 4.88. The van der Waals surface area contributed by atoms with Gasteiger partial charge < -0.3 is 21.3 Å². The molecule has 2 heterocycles. The summed E-state index contributed by atoms with van der Waals surface area (Å²) in [5, 5.41) is 6.28. The van der Waals surface area contributed by atoms with Crippen molar-refractivity contribution in [2.24, 2.45) is 20.7 Å². The van der Waals surface area contributed by atoms with Gasteiger partial charge in [-0.15, -0.1) is 0 Å². The number of carbonyl (C=O) groups is 1. The second-order valence-electron chi connectivity index (χ2n) is 10.6. The number of aryl methyl sites for hydroxylation is 1. The van der Waals surface area contributed by atoms with E-state index in [9.17, 15) is 4.79 Å². The number of amides is 1. The third-order valence-electron chi connectivity index (χ3n) is 6.65. The molecule has 8 nitrogen and oxygen atoms in total. The highest BCUT2D eigenvalue weighted by atomic mass is 16.1. The van der Waals surface area contributed by atoms with Crippen LogP contribution in [-0.2, 0) is 12.0 Å². The molecule has 0 bridgehead atoms. The van der Waals surface area contributed by atoms with Crippen LogP contribution in [0.3, 0.4) is 0 Å². The molecule has 0 aliphatic carbocycles. The molecule has 2 aliphatic rings. The third-order valence-corrected chi connectivity index (χ3v) is 6.65. The second-order valence-corrected chi connectivity index (χ2v) is 10.6. The number of rotatable bonds is 6. The molecule has 2 aliphatic heterocycles. The first-order chi connectivity index (χ1) is 18.2. The average molecular weight is 512 g/mol. The summed E-state index contributed by atoms with van der Waals surface area (Å²) in [4.78, 5) is 28.6. The van der Waals surface area contributed by atoms with Gasteiger partial charge in [0.05, 0.1) is 6.21 Å². The number of hydrogen-bond donors (Lipinski definition) is 3. The number of anilines is 1. The van der Waals surface area contributed by atoms with Crippen LogP contribution < -0.4 is 16.4 Å². The summed E-state index contributed by atoms with van der Waals surface area (Å²) in [6.07, 6.45) is 5.34. The Bertz CT molecular complexity index is 1340. The summed E-state index contributed by atoms with van der Waals surface area (Å²) in [5.41, 5.74) is 12.1. The molecule has 198 valence electrons. The van der Waals surface area contributed by atoms with Crippen molar-refractivity contribution in [1.29, 1.82) is 0 Å². The van der Waals surface area contributed by atoms with Crippen molar-refractivity contribution >= 4 is 29.5 Å². The highest BCUT2D eigenvalue weighted by molar-refractivity contribution is 6.41. The number of carbonyl (C=O) groups excluding carboxylic acids is 1. The van der Waals surface area contributed by atoms with Crippen molar-refractivity contribution in [1.82, 2.24) is 10.2 Å². The van der Waals surface area contributed by atoms with Gasteiger partial charge in [-0.25, -0.2) is 9.98 Å². The van der Waals surface area contributed by atoms with Crippen LogP contribution in [0.5, 0.6) is 0 Å². The van der Waals surface area contributed by atoms with E-state index in [1.165, 1.54) is 11.8 Å². The number of nitrogens with two attached hydrogens (primary N) is 1. The highest BCUT2D eigenvalue weighted by Gasteiger charge is 2.22. The van der Waals surface area contributed by atoms with Crippen molar-refractivity contribution in [2.45, 2.75) is 52.5 Å². The molecule has 1 fully saturated rings. The molecule has 2 aromatic rings. The molecular weight excluding hydrogens is 474 g/mol. The number of nitrogens with one attached hydrogen (secondary N) is 2. The van der Waals surface area contributed by atoms with Crippen LogP contribution in [0, 0.1) is 6.92 Å². The van der Waals surface area contributed by atoms with Crippen molar-refractivity contribution < 1.29 is 4.79 Å². The molecule has 1 amide bonds. The Morgan fingerprint density at radius 1 is 1.18 bits per heavy atom. The van der Waals surface area contributed by atoms with E-state index < -0.39 is 0 Å². The fraction of sp³-hybridized carbons (Fsp3) is 0.333. The van der Waals surface area contributed by atoms with Crippen LogP contribution >= 0.6 is 0 Å². The summed E-state index contributed by atoms with van der Waals surface area (Å²) < 4.78 is 0. The maximum absolute atomic E-state index is 13.0. The summed E-state index contributed by atoms with van der Waals surface area (Å²) in [5.74, 6) is 0.798. The predicted molar refractivity (Wildman–Crippen MR) is 157 cm³/mol. The van der Waals surface area contributed by atoms with Gasteiger partial charge in [0, 0.05) is 37.1 Å². The molecule has 0 unspecified atom stereocenters. The SMILES string of the molecule is C=C/N=C1/C=NC(N2CCCC2)=N/C1=C(/N)Nc1cc(C(=O)NCc2cccc(C(C)(C)C)c2)ccc1C. The van der Waals surface area contributed by atoms with E-state index in [0.29, 0.717) is 35.3 Å². The number of benzene rings is 2. The topological polar surface area (TPSA) is 107 Å². The molecule has 1 saturated heterocycles. The summed E-state index contributed by atoms with van der Waals surface area (Å²) in [7, 11) is 0. The Morgan fingerprint density at radius 3 is 2.66 bits per heavy atom. The molecule has 8 heteroatoms. The fourth-order valence-electron chi connectivity index (χ4n) is 4.36. The van der Waals surface area contributed by atoms with Crippen LogP contribution in [0.15, 0.2) is 81.7 Å². The molecule has 0 spiro atoms. The Labute approximate surface area is 225 Å². The van der Waals surface area contributed by atoms with Gasteiger partial charge in [-0.2, -0.15) is 0 Å². The van der Waals surface area contributed by atoms with E-state index in [2.05, 4.69) is 65.0 Å². The van der Waals surface area contributed by atoms with Gasteiger partial charge in [-0.05, 0) is 54.0 Å². The maximum atomic E-state index is 13.0. The number of hydrogen-bond acceptors (Lipinski definition) is 7.